The Kier molecular flexibility index (Phi) is 4.66. The largest absolute Gasteiger partial charge is 0.298 e. The number of para-hydroxylation sites is 1. The molecule has 1 heterocycles. The van der Waals surface area contributed by atoms with Crippen LogP contribution in [0, 0.1) is 6.92 Å². The molecule has 2 aromatic carbocycles. The van der Waals surface area contributed by atoms with Crippen LogP contribution in [-0.4, -0.2) is 10.9 Å². The Labute approximate surface area is 147 Å². The minimum Gasteiger partial charge on any atom is -0.298 e. The molecule has 0 radical (unpaired) electrons. The Morgan fingerprint density at radius 3 is 2.78 bits per heavy atom. The fourth-order valence-electron chi connectivity index (χ4n) is 2.07. The Morgan fingerprint density at radius 2 is 2.04 bits per heavy atom. The Bertz CT molecular complexity index is 918. The minimum atomic E-state index is -0.243. The highest BCUT2D eigenvalue weighted by atomic mass is 35.5. The van der Waals surface area contributed by atoms with Crippen LogP contribution >= 0.6 is 34.5 Å². The summed E-state index contributed by atoms with van der Waals surface area (Å²) in [7, 11) is 0. The Hall–Kier alpha value is -1.88. The van der Waals surface area contributed by atoms with Gasteiger partial charge in [-0.1, -0.05) is 52.7 Å². The van der Waals surface area contributed by atoms with Gasteiger partial charge in [0.25, 0.3) is 0 Å². The maximum absolute atomic E-state index is 12.0. The van der Waals surface area contributed by atoms with Crippen LogP contribution in [0.5, 0.6) is 0 Å². The van der Waals surface area contributed by atoms with Gasteiger partial charge < -0.3 is 0 Å². The summed E-state index contributed by atoms with van der Waals surface area (Å²) >= 11 is 13.3. The van der Waals surface area contributed by atoms with Crippen molar-refractivity contribution in [3.63, 3.8) is 0 Å². The number of rotatable bonds is 3. The van der Waals surface area contributed by atoms with E-state index in [2.05, 4.69) is 10.3 Å². The van der Waals surface area contributed by atoms with Crippen LogP contribution in [0.25, 0.3) is 16.3 Å². The molecule has 0 bridgehead atoms. The first-order valence-electron chi connectivity index (χ1n) is 6.83. The highest BCUT2D eigenvalue weighted by Gasteiger charge is 2.07. The van der Waals surface area contributed by atoms with Gasteiger partial charge in [-0.2, -0.15) is 0 Å². The van der Waals surface area contributed by atoms with Crippen molar-refractivity contribution >= 4 is 61.9 Å². The Morgan fingerprint density at radius 1 is 1.22 bits per heavy atom. The molecule has 116 valence electrons. The van der Waals surface area contributed by atoms with E-state index in [1.807, 2.05) is 25.1 Å². The van der Waals surface area contributed by atoms with E-state index in [0.717, 1.165) is 21.3 Å². The zero-order chi connectivity index (χ0) is 16.4. The standard InChI is InChI=1S/C17H12Cl2N2OS/c1-10-3-2-4-14-16(10)21-17(23-14)20-15(22)8-6-11-5-7-12(18)13(19)9-11/h2-9H,1H3,(H,20,21,22)/b8-6+. The summed E-state index contributed by atoms with van der Waals surface area (Å²) in [5, 5.41) is 4.30. The van der Waals surface area contributed by atoms with Crippen molar-refractivity contribution in [3.8, 4) is 0 Å². The molecular formula is C17H12Cl2N2OS. The zero-order valence-electron chi connectivity index (χ0n) is 12.1. The quantitative estimate of drug-likeness (QED) is 0.619. The van der Waals surface area contributed by atoms with Crippen molar-refractivity contribution in [2.45, 2.75) is 6.92 Å². The second-order valence-corrected chi connectivity index (χ2v) is 6.78. The van der Waals surface area contributed by atoms with E-state index in [-0.39, 0.29) is 5.91 Å². The van der Waals surface area contributed by atoms with Gasteiger partial charge in [0.05, 0.1) is 20.3 Å². The van der Waals surface area contributed by atoms with Crippen molar-refractivity contribution in [1.82, 2.24) is 4.98 Å². The van der Waals surface area contributed by atoms with Gasteiger partial charge in [0.2, 0.25) is 5.91 Å². The first-order valence-corrected chi connectivity index (χ1v) is 8.40. The number of amides is 1. The predicted octanol–water partition coefficient (Wildman–Crippen LogP) is 5.56. The van der Waals surface area contributed by atoms with Crippen molar-refractivity contribution in [3.05, 3.63) is 63.6 Å². The topological polar surface area (TPSA) is 42.0 Å². The lowest BCUT2D eigenvalue weighted by molar-refractivity contribution is -0.111. The normalized spacial score (nSPS) is 11.3. The van der Waals surface area contributed by atoms with E-state index >= 15 is 0 Å². The molecule has 3 aromatic rings. The van der Waals surface area contributed by atoms with Gasteiger partial charge in [0.15, 0.2) is 5.13 Å². The fourth-order valence-corrected chi connectivity index (χ4v) is 3.33. The second-order valence-electron chi connectivity index (χ2n) is 4.94. The molecule has 0 saturated carbocycles. The number of anilines is 1. The van der Waals surface area contributed by atoms with Gasteiger partial charge in [0, 0.05) is 6.08 Å². The summed E-state index contributed by atoms with van der Waals surface area (Å²) < 4.78 is 1.05. The van der Waals surface area contributed by atoms with Crippen LogP contribution in [0.3, 0.4) is 0 Å². The van der Waals surface area contributed by atoms with Crippen LogP contribution in [0.1, 0.15) is 11.1 Å². The highest BCUT2D eigenvalue weighted by molar-refractivity contribution is 7.22. The third-order valence-corrected chi connectivity index (χ3v) is 4.90. The number of halogens is 2. The number of aryl methyl sites for hydroxylation is 1. The molecule has 1 amide bonds. The number of nitrogens with zero attached hydrogens (tertiary/aromatic N) is 1. The molecule has 0 fully saturated rings. The lowest BCUT2D eigenvalue weighted by Gasteiger charge is -1.98. The number of nitrogens with one attached hydrogen (secondary N) is 1. The third kappa shape index (κ3) is 3.72. The van der Waals surface area contributed by atoms with Crippen molar-refractivity contribution in [1.29, 1.82) is 0 Å². The van der Waals surface area contributed by atoms with E-state index < -0.39 is 0 Å². The van der Waals surface area contributed by atoms with E-state index in [1.54, 1.807) is 24.3 Å². The molecule has 0 spiro atoms. The zero-order valence-corrected chi connectivity index (χ0v) is 14.5. The fraction of sp³-hybridized carbons (Fsp3) is 0.0588. The lowest BCUT2D eigenvalue weighted by Crippen LogP contribution is -2.07. The van der Waals surface area contributed by atoms with Crippen LogP contribution in [0.15, 0.2) is 42.5 Å². The molecule has 6 heteroatoms. The van der Waals surface area contributed by atoms with Gasteiger partial charge in [0.1, 0.15) is 0 Å². The number of hydrogen-bond donors (Lipinski definition) is 1. The van der Waals surface area contributed by atoms with E-state index in [9.17, 15) is 4.79 Å². The molecule has 1 aromatic heterocycles. The number of aromatic nitrogens is 1. The summed E-state index contributed by atoms with van der Waals surface area (Å²) in [6.45, 7) is 2.00. The number of carbonyl (C=O) groups is 1. The second kappa shape index (κ2) is 6.71. The molecule has 0 aliphatic rings. The molecule has 3 nitrogen and oxygen atoms in total. The maximum atomic E-state index is 12.0. The van der Waals surface area contributed by atoms with E-state index in [1.165, 1.54) is 17.4 Å². The third-order valence-electron chi connectivity index (χ3n) is 3.22. The SMILES string of the molecule is Cc1cccc2sc(NC(=O)/C=C/c3ccc(Cl)c(Cl)c3)nc12. The van der Waals surface area contributed by atoms with Gasteiger partial charge in [-0.25, -0.2) is 4.98 Å². The van der Waals surface area contributed by atoms with Crippen LogP contribution in [0.4, 0.5) is 5.13 Å². The van der Waals surface area contributed by atoms with Crippen molar-refractivity contribution in [2.24, 2.45) is 0 Å². The molecule has 23 heavy (non-hydrogen) atoms. The van der Waals surface area contributed by atoms with Crippen molar-refractivity contribution < 1.29 is 4.79 Å². The Balaban J connectivity index is 1.74. The summed E-state index contributed by atoms with van der Waals surface area (Å²) in [4.78, 5) is 16.5. The van der Waals surface area contributed by atoms with E-state index in [0.29, 0.717) is 15.2 Å². The van der Waals surface area contributed by atoms with Crippen molar-refractivity contribution in [2.75, 3.05) is 5.32 Å². The van der Waals surface area contributed by atoms with Crippen LogP contribution < -0.4 is 5.32 Å². The monoisotopic (exact) mass is 362 g/mol. The molecule has 0 saturated heterocycles. The summed E-state index contributed by atoms with van der Waals surface area (Å²) in [5.41, 5.74) is 2.81. The lowest BCUT2D eigenvalue weighted by atomic mass is 10.2. The smallest absolute Gasteiger partial charge is 0.250 e. The van der Waals surface area contributed by atoms with E-state index in [4.69, 9.17) is 23.2 Å². The number of fused-ring (bicyclic) bond motifs is 1. The molecule has 0 atom stereocenters. The predicted molar refractivity (Wildman–Crippen MR) is 98.5 cm³/mol. The average Bonchev–Trinajstić information content (AvgIpc) is 2.92. The number of carbonyl (C=O) groups excluding carboxylic acids is 1. The van der Waals surface area contributed by atoms with Gasteiger partial charge in [-0.15, -0.1) is 0 Å². The van der Waals surface area contributed by atoms with Gasteiger partial charge >= 0.3 is 0 Å². The van der Waals surface area contributed by atoms with Gasteiger partial charge in [-0.3, -0.25) is 10.1 Å². The van der Waals surface area contributed by atoms with Gasteiger partial charge in [-0.05, 0) is 42.3 Å². The molecular weight excluding hydrogens is 351 g/mol. The number of benzene rings is 2. The highest BCUT2D eigenvalue weighted by Crippen LogP contribution is 2.28. The molecule has 0 aliphatic heterocycles. The maximum Gasteiger partial charge on any atom is 0.250 e. The van der Waals surface area contributed by atoms with Crippen LogP contribution in [-0.2, 0) is 4.79 Å². The molecule has 0 unspecified atom stereocenters. The molecule has 0 aliphatic carbocycles. The molecule has 1 N–H and O–H groups in total. The summed E-state index contributed by atoms with van der Waals surface area (Å²) in [6, 6.07) is 11.1. The van der Waals surface area contributed by atoms with Crippen LogP contribution in [0.2, 0.25) is 10.0 Å². The first kappa shape index (κ1) is 16.0. The first-order chi connectivity index (χ1) is 11.0. The number of hydrogen-bond acceptors (Lipinski definition) is 3. The average molecular weight is 363 g/mol. The summed E-state index contributed by atoms with van der Waals surface area (Å²) in [6.07, 6.45) is 3.12. The minimum absolute atomic E-state index is 0.243. The summed E-state index contributed by atoms with van der Waals surface area (Å²) in [5.74, 6) is -0.243. The number of thiazole rings is 1. The molecule has 3 rings (SSSR count).